The van der Waals surface area contributed by atoms with Crippen molar-refractivity contribution in [1.82, 2.24) is 19.8 Å². The summed E-state index contributed by atoms with van der Waals surface area (Å²) in [5, 5.41) is 3.85. The lowest BCUT2D eigenvalue weighted by Gasteiger charge is -2.31. The summed E-state index contributed by atoms with van der Waals surface area (Å²) in [6.07, 6.45) is 3.04. The van der Waals surface area contributed by atoms with Gasteiger partial charge < -0.3 is 5.32 Å². The molecule has 1 aromatic carbocycles. The molecule has 1 N–H and O–H groups in total. The molecule has 0 spiro atoms. The third kappa shape index (κ3) is 3.75. The zero-order chi connectivity index (χ0) is 18.0. The first-order valence-corrected chi connectivity index (χ1v) is 9.15. The van der Waals surface area contributed by atoms with Crippen molar-refractivity contribution in [3.8, 4) is 0 Å². The van der Waals surface area contributed by atoms with Gasteiger partial charge in [-0.2, -0.15) is 0 Å². The van der Waals surface area contributed by atoms with Crippen LogP contribution < -0.4 is 10.9 Å². The summed E-state index contributed by atoms with van der Waals surface area (Å²) < 4.78 is 15.1. The molecular weight excluding hydrogens is 319 g/mol. The molecule has 1 aromatic heterocycles. The normalized spacial score (nSPS) is 20.6. The quantitative estimate of drug-likeness (QED) is 0.925. The van der Waals surface area contributed by atoms with E-state index in [1.165, 1.54) is 12.1 Å². The van der Waals surface area contributed by atoms with Gasteiger partial charge in [0.15, 0.2) is 0 Å². The van der Waals surface area contributed by atoms with Crippen molar-refractivity contribution in [2.24, 2.45) is 7.05 Å². The SMILES string of the molecule is CCCC(c1nc2ccc(F)cc2c(=O)n1C)N1CCN[C@@H](C)CC1. The first-order chi connectivity index (χ1) is 12.0. The van der Waals surface area contributed by atoms with E-state index >= 15 is 0 Å². The molecule has 136 valence electrons. The zero-order valence-electron chi connectivity index (χ0n) is 15.3. The lowest BCUT2D eigenvalue weighted by molar-refractivity contribution is 0.186. The standard InChI is InChI=1S/C19H27FN4O/c1-4-5-17(24-10-8-13(2)21-9-11-24)18-22-16-7-6-14(20)12-15(16)19(25)23(18)3/h6-7,12-13,17,21H,4-5,8-11H2,1-3H3/t13-,17?/m0/s1. The second-order valence-electron chi connectivity index (χ2n) is 6.98. The predicted molar refractivity (Wildman–Crippen MR) is 98.2 cm³/mol. The van der Waals surface area contributed by atoms with Gasteiger partial charge in [-0.05, 0) is 38.0 Å². The number of nitrogens with one attached hydrogen (secondary N) is 1. The van der Waals surface area contributed by atoms with Gasteiger partial charge >= 0.3 is 0 Å². The van der Waals surface area contributed by atoms with E-state index in [1.807, 2.05) is 0 Å². The summed E-state index contributed by atoms with van der Waals surface area (Å²) in [6.45, 7) is 7.22. The van der Waals surface area contributed by atoms with Gasteiger partial charge in [0.2, 0.25) is 0 Å². The first-order valence-electron chi connectivity index (χ1n) is 9.15. The van der Waals surface area contributed by atoms with Crippen molar-refractivity contribution >= 4 is 10.9 Å². The maximum Gasteiger partial charge on any atom is 0.261 e. The first kappa shape index (κ1) is 18.0. The van der Waals surface area contributed by atoms with Crippen LogP contribution in [-0.2, 0) is 7.05 Å². The fourth-order valence-corrected chi connectivity index (χ4v) is 3.65. The summed E-state index contributed by atoms with van der Waals surface area (Å²) in [5.41, 5.74) is 0.392. The lowest BCUT2D eigenvalue weighted by Crippen LogP contribution is -2.36. The number of fused-ring (bicyclic) bond motifs is 1. The third-order valence-corrected chi connectivity index (χ3v) is 5.11. The van der Waals surface area contributed by atoms with Crippen LogP contribution in [0.2, 0.25) is 0 Å². The van der Waals surface area contributed by atoms with E-state index in [0.717, 1.165) is 44.7 Å². The van der Waals surface area contributed by atoms with Crippen molar-refractivity contribution in [2.75, 3.05) is 19.6 Å². The van der Waals surface area contributed by atoms with E-state index in [4.69, 9.17) is 4.98 Å². The smallest absolute Gasteiger partial charge is 0.261 e. The van der Waals surface area contributed by atoms with Crippen LogP contribution in [0.25, 0.3) is 10.9 Å². The third-order valence-electron chi connectivity index (χ3n) is 5.11. The highest BCUT2D eigenvalue weighted by atomic mass is 19.1. The number of nitrogens with zero attached hydrogens (tertiary/aromatic N) is 3. The topological polar surface area (TPSA) is 50.2 Å². The van der Waals surface area contributed by atoms with E-state index < -0.39 is 5.82 Å². The average molecular weight is 346 g/mol. The van der Waals surface area contributed by atoms with E-state index in [1.54, 1.807) is 17.7 Å². The molecule has 6 heteroatoms. The second-order valence-corrected chi connectivity index (χ2v) is 6.98. The number of hydrogen-bond acceptors (Lipinski definition) is 4. The summed E-state index contributed by atoms with van der Waals surface area (Å²) >= 11 is 0. The van der Waals surface area contributed by atoms with E-state index in [0.29, 0.717) is 16.9 Å². The van der Waals surface area contributed by atoms with Gasteiger partial charge in [-0.25, -0.2) is 9.37 Å². The molecule has 0 radical (unpaired) electrons. The molecule has 2 aromatic rings. The number of halogens is 1. The van der Waals surface area contributed by atoms with Crippen LogP contribution in [0.15, 0.2) is 23.0 Å². The number of rotatable bonds is 4. The van der Waals surface area contributed by atoms with Crippen LogP contribution in [-0.4, -0.2) is 40.1 Å². The molecule has 3 rings (SSSR count). The molecular formula is C19H27FN4O. The monoisotopic (exact) mass is 346 g/mol. The van der Waals surface area contributed by atoms with Crippen molar-refractivity contribution < 1.29 is 4.39 Å². The molecule has 0 bridgehead atoms. The van der Waals surface area contributed by atoms with Crippen molar-refractivity contribution in [3.63, 3.8) is 0 Å². The van der Waals surface area contributed by atoms with Gasteiger partial charge in [-0.15, -0.1) is 0 Å². The molecule has 1 fully saturated rings. The van der Waals surface area contributed by atoms with Gasteiger partial charge in [0.25, 0.3) is 5.56 Å². The summed E-state index contributed by atoms with van der Waals surface area (Å²) in [4.78, 5) is 19.9. The Kier molecular flexibility index (Phi) is 5.49. The van der Waals surface area contributed by atoms with Gasteiger partial charge in [-0.1, -0.05) is 13.3 Å². The van der Waals surface area contributed by atoms with Gasteiger partial charge in [0, 0.05) is 32.7 Å². The lowest BCUT2D eigenvalue weighted by atomic mass is 10.1. The molecule has 0 saturated carbocycles. The maximum absolute atomic E-state index is 13.5. The van der Waals surface area contributed by atoms with Crippen molar-refractivity contribution in [2.45, 2.75) is 45.2 Å². The van der Waals surface area contributed by atoms with Gasteiger partial charge in [0.05, 0.1) is 16.9 Å². The van der Waals surface area contributed by atoms with E-state index in [2.05, 4.69) is 24.1 Å². The number of hydrogen-bond donors (Lipinski definition) is 1. The fraction of sp³-hybridized carbons (Fsp3) is 0.579. The molecule has 1 aliphatic rings. The van der Waals surface area contributed by atoms with E-state index in [9.17, 15) is 9.18 Å². The fourth-order valence-electron chi connectivity index (χ4n) is 3.65. The summed E-state index contributed by atoms with van der Waals surface area (Å²) in [7, 11) is 1.75. The Morgan fingerprint density at radius 2 is 2.20 bits per heavy atom. The van der Waals surface area contributed by atoms with Crippen LogP contribution in [0, 0.1) is 5.82 Å². The largest absolute Gasteiger partial charge is 0.313 e. The number of benzene rings is 1. The summed E-state index contributed by atoms with van der Waals surface area (Å²) in [6, 6.07) is 4.85. The Bertz CT molecular complexity index is 804. The molecule has 2 heterocycles. The maximum atomic E-state index is 13.5. The van der Waals surface area contributed by atoms with Crippen molar-refractivity contribution in [1.29, 1.82) is 0 Å². The molecule has 25 heavy (non-hydrogen) atoms. The molecule has 1 unspecified atom stereocenters. The molecule has 1 aliphatic heterocycles. The Hall–Kier alpha value is -1.79. The van der Waals surface area contributed by atoms with Gasteiger partial charge in [-0.3, -0.25) is 14.3 Å². The van der Waals surface area contributed by atoms with E-state index in [-0.39, 0.29) is 11.6 Å². The van der Waals surface area contributed by atoms with Crippen LogP contribution >= 0.6 is 0 Å². The molecule has 2 atom stereocenters. The average Bonchev–Trinajstić information content (AvgIpc) is 2.81. The minimum atomic E-state index is -0.406. The Labute approximate surface area is 147 Å². The highest BCUT2D eigenvalue weighted by Gasteiger charge is 2.26. The van der Waals surface area contributed by atoms with Crippen LogP contribution in [0.1, 0.15) is 45.0 Å². The Morgan fingerprint density at radius 1 is 1.40 bits per heavy atom. The van der Waals surface area contributed by atoms with Crippen LogP contribution in [0.5, 0.6) is 0 Å². The number of aromatic nitrogens is 2. The molecule has 5 nitrogen and oxygen atoms in total. The minimum Gasteiger partial charge on any atom is -0.313 e. The molecule has 1 saturated heterocycles. The van der Waals surface area contributed by atoms with Gasteiger partial charge in [0.1, 0.15) is 11.6 Å². The summed E-state index contributed by atoms with van der Waals surface area (Å²) in [5.74, 6) is 0.373. The van der Waals surface area contributed by atoms with Crippen LogP contribution in [0.3, 0.4) is 0 Å². The van der Waals surface area contributed by atoms with Crippen LogP contribution in [0.4, 0.5) is 4.39 Å². The Balaban J connectivity index is 2.05. The second kappa shape index (κ2) is 7.62. The molecule has 0 aliphatic carbocycles. The molecule has 0 amide bonds. The zero-order valence-corrected chi connectivity index (χ0v) is 15.3. The predicted octanol–water partition coefficient (Wildman–Crippen LogP) is 2.60. The minimum absolute atomic E-state index is 0.101. The highest BCUT2D eigenvalue weighted by molar-refractivity contribution is 5.77. The Morgan fingerprint density at radius 3 is 2.96 bits per heavy atom. The highest BCUT2D eigenvalue weighted by Crippen LogP contribution is 2.26. The van der Waals surface area contributed by atoms with Crippen molar-refractivity contribution in [3.05, 3.63) is 40.2 Å².